The van der Waals surface area contributed by atoms with Crippen molar-refractivity contribution in [1.82, 2.24) is 4.57 Å². The molecule has 7 heteroatoms. The summed E-state index contributed by atoms with van der Waals surface area (Å²) in [6.45, 7) is 4.04. The lowest BCUT2D eigenvalue weighted by atomic mass is 10.0. The largest absolute Gasteiger partial charge is 0.573 e. The van der Waals surface area contributed by atoms with Crippen LogP contribution in [-0.4, -0.2) is 16.7 Å². The number of hydrogen-bond donors (Lipinski definition) is 0. The van der Waals surface area contributed by atoms with Crippen molar-refractivity contribution < 1.29 is 22.7 Å². The van der Waals surface area contributed by atoms with Gasteiger partial charge in [0.2, 0.25) is 0 Å². The van der Waals surface area contributed by atoms with E-state index in [1.165, 1.54) is 18.2 Å². The number of carbonyl (C=O) groups excluding carboxylic acids is 1. The van der Waals surface area contributed by atoms with E-state index in [2.05, 4.69) is 4.74 Å². The van der Waals surface area contributed by atoms with Crippen molar-refractivity contribution in [3.63, 3.8) is 0 Å². The molecule has 3 nitrogen and oxygen atoms in total. The van der Waals surface area contributed by atoms with Crippen molar-refractivity contribution in [2.45, 2.75) is 26.8 Å². The highest BCUT2D eigenvalue weighted by atomic mass is 35.5. The number of alkyl halides is 3. The topological polar surface area (TPSA) is 31.2 Å². The number of carbonyl (C=O) groups is 1. The van der Waals surface area contributed by atoms with Gasteiger partial charge in [0.05, 0.1) is 11.1 Å². The van der Waals surface area contributed by atoms with Gasteiger partial charge in [-0.3, -0.25) is 4.79 Å². The van der Waals surface area contributed by atoms with Gasteiger partial charge in [0.25, 0.3) is 0 Å². The number of rotatable bonds is 5. The van der Waals surface area contributed by atoms with Gasteiger partial charge in [-0.05, 0) is 50.2 Å². The zero-order valence-corrected chi connectivity index (χ0v) is 15.9. The zero-order chi connectivity index (χ0) is 20.5. The molecule has 0 unspecified atom stereocenters. The third-order valence-corrected chi connectivity index (χ3v) is 4.64. The fourth-order valence-electron chi connectivity index (χ4n) is 3.13. The molecule has 3 rings (SSSR count). The van der Waals surface area contributed by atoms with E-state index >= 15 is 0 Å². The number of ether oxygens (including phenoxy) is 1. The molecule has 0 bridgehead atoms. The first-order valence-corrected chi connectivity index (χ1v) is 8.89. The Hall–Kier alpha value is -2.73. The lowest BCUT2D eigenvalue weighted by molar-refractivity contribution is -0.274. The SMILES string of the molecule is C/C=C/Cn1c(C)c(C(=O)c2ccc(Cl)cc2)c2ccc(OC(F)(F)F)cc21. The summed E-state index contributed by atoms with van der Waals surface area (Å²) in [5, 5.41) is 1.08. The van der Waals surface area contributed by atoms with Gasteiger partial charge in [-0.15, -0.1) is 13.2 Å². The Balaban J connectivity index is 2.18. The molecule has 0 N–H and O–H groups in total. The third-order valence-electron chi connectivity index (χ3n) is 4.39. The molecule has 0 aliphatic heterocycles. The standard InChI is InChI=1S/C21H17ClF3NO2/c1-3-4-11-26-13(2)19(20(27)14-5-7-15(22)8-6-14)17-10-9-16(12-18(17)26)28-21(23,24)25/h3-10,12H,11H2,1-2H3/b4-3+. The lowest BCUT2D eigenvalue weighted by Crippen LogP contribution is -2.17. The third kappa shape index (κ3) is 4.07. The zero-order valence-electron chi connectivity index (χ0n) is 15.2. The molecule has 1 heterocycles. The minimum atomic E-state index is -4.79. The molecule has 2 aromatic carbocycles. The second kappa shape index (κ2) is 7.72. The van der Waals surface area contributed by atoms with Crippen LogP contribution in [-0.2, 0) is 6.54 Å². The summed E-state index contributed by atoms with van der Waals surface area (Å²) in [4.78, 5) is 13.1. The molecule has 0 atom stereocenters. The second-order valence-corrected chi connectivity index (χ2v) is 6.64. The minimum Gasteiger partial charge on any atom is -0.406 e. The molecule has 0 amide bonds. The van der Waals surface area contributed by atoms with Crippen LogP contribution in [0.25, 0.3) is 10.9 Å². The van der Waals surface area contributed by atoms with Crippen molar-refractivity contribution in [3.8, 4) is 5.75 Å². The van der Waals surface area contributed by atoms with Crippen molar-refractivity contribution in [2.24, 2.45) is 0 Å². The average Bonchev–Trinajstić information content (AvgIpc) is 2.89. The van der Waals surface area contributed by atoms with Crippen LogP contribution in [0.1, 0.15) is 28.5 Å². The van der Waals surface area contributed by atoms with E-state index in [-0.39, 0.29) is 11.5 Å². The van der Waals surface area contributed by atoms with Crippen molar-refractivity contribution in [3.05, 3.63) is 76.5 Å². The maximum atomic E-state index is 13.1. The predicted molar refractivity (Wildman–Crippen MR) is 103 cm³/mol. The van der Waals surface area contributed by atoms with Crippen LogP contribution in [0.2, 0.25) is 5.02 Å². The molecule has 1 aromatic heterocycles. The quantitative estimate of drug-likeness (QED) is 0.366. The number of fused-ring (bicyclic) bond motifs is 1. The van der Waals surface area contributed by atoms with Crippen LogP contribution in [0, 0.1) is 6.92 Å². The maximum Gasteiger partial charge on any atom is 0.573 e. The van der Waals surface area contributed by atoms with Crippen LogP contribution in [0.5, 0.6) is 5.75 Å². The molecule has 0 radical (unpaired) electrons. The Bertz CT molecular complexity index is 1050. The summed E-state index contributed by atoms with van der Waals surface area (Å²) in [5.74, 6) is -0.549. The first-order valence-electron chi connectivity index (χ1n) is 8.51. The Labute approximate surface area is 165 Å². The summed E-state index contributed by atoms with van der Waals surface area (Å²) >= 11 is 5.89. The predicted octanol–water partition coefficient (Wildman–Crippen LogP) is 6.31. The van der Waals surface area contributed by atoms with E-state index in [4.69, 9.17) is 11.6 Å². The van der Waals surface area contributed by atoms with Crippen molar-refractivity contribution in [2.75, 3.05) is 0 Å². The van der Waals surface area contributed by atoms with Gasteiger partial charge in [0.1, 0.15) is 5.75 Å². The van der Waals surface area contributed by atoms with Gasteiger partial charge in [-0.1, -0.05) is 23.8 Å². The monoisotopic (exact) mass is 407 g/mol. The molecule has 0 spiro atoms. The number of halogens is 4. The van der Waals surface area contributed by atoms with Crippen LogP contribution in [0.15, 0.2) is 54.6 Å². The first-order chi connectivity index (χ1) is 13.2. The van der Waals surface area contributed by atoms with E-state index in [0.29, 0.717) is 39.3 Å². The summed E-state index contributed by atoms with van der Waals surface area (Å²) in [5.41, 5.74) is 2.06. The highest BCUT2D eigenvalue weighted by Crippen LogP contribution is 2.33. The highest BCUT2D eigenvalue weighted by molar-refractivity contribution is 6.30. The number of ketones is 1. The summed E-state index contributed by atoms with van der Waals surface area (Å²) < 4.78 is 43.7. The normalized spacial score (nSPS) is 12.1. The number of nitrogens with zero attached hydrogens (tertiary/aromatic N) is 1. The summed E-state index contributed by atoms with van der Waals surface area (Å²) in [6.07, 6.45) is -1.09. The van der Waals surface area contributed by atoms with E-state index in [1.54, 1.807) is 35.8 Å². The van der Waals surface area contributed by atoms with E-state index < -0.39 is 6.36 Å². The van der Waals surface area contributed by atoms with Gasteiger partial charge in [0, 0.05) is 34.3 Å². The highest BCUT2D eigenvalue weighted by Gasteiger charge is 2.31. The summed E-state index contributed by atoms with van der Waals surface area (Å²) in [7, 11) is 0. The molecule has 28 heavy (non-hydrogen) atoms. The Morgan fingerprint density at radius 2 is 1.86 bits per heavy atom. The molecule has 0 saturated carbocycles. The van der Waals surface area contributed by atoms with Gasteiger partial charge in [-0.2, -0.15) is 0 Å². The average molecular weight is 408 g/mol. The molecule has 0 saturated heterocycles. The summed E-state index contributed by atoms with van der Waals surface area (Å²) in [6, 6.07) is 10.5. The van der Waals surface area contributed by atoms with Gasteiger partial charge in [-0.25, -0.2) is 0 Å². The number of aromatic nitrogens is 1. The molecule has 0 aliphatic carbocycles. The van der Waals surface area contributed by atoms with Crippen molar-refractivity contribution in [1.29, 1.82) is 0 Å². The van der Waals surface area contributed by atoms with Gasteiger partial charge < -0.3 is 9.30 Å². The van der Waals surface area contributed by atoms with Gasteiger partial charge >= 0.3 is 6.36 Å². The molecule has 3 aromatic rings. The smallest absolute Gasteiger partial charge is 0.406 e. The van der Waals surface area contributed by atoms with E-state index in [0.717, 1.165) is 0 Å². The van der Waals surface area contributed by atoms with Crippen LogP contribution in [0.4, 0.5) is 13.2 Å². The molecular formula is C21H17ClF3NO2. The minimum absolute atomic E-state index is 0.220. The van der Waals surface area contributed by atoms with Crippen molar-refractivity contribution >= 4 is 28.3 Å². The fraction of sp³-hybridized carbons (Fsp3) is 0.190. The van der Waals surface area contributed by atoms with E-state index in [9.17, 15) is 18.0 Å². The fourth-order valence-corrected chi connectivity index (χ4v) is 3.26. The van der Waals surface area contributed by atoms with Crippen LogP contribution in [0.3, 0.4) is 0 Å². The van der Waals surface area contributed by atoms with Gasteiger partial charge in [0.15, 0.2) is 5.78 Å². The number of benzene rings is 2. The first kappa shape index (κ1) is 20.0. The second-order valence-electron chi connectivity index (χ2n) is 6.20. The molecule has 146 valence electrons. The van der Waals surface area contributed by atoms with Crippen LogP contribution >= 0.6 is 11.6 Å². The molecule has 0 aliphatic rings. The number of hydrogen-bond acceptors (Lipinski definition) is 2. The Morgan fingerprint density at radius 3 is 2.46 bits per heavy atom. The Kier molecular flexibility index (Phi) is 5.52. The maximum absolute atomic E-state index is 13.1. The van der Waals surface area contributed by atoms with Crippen LogP contribution < -0.4 is 4.74 Å². The Morgan fingerprint density at radius 1 is 1.18 bits per heavy atom. The number of allylic oxidation sites excluding steroid dienone is 2. The lowest BCUT2D eigenvalue weighted by Gasteiger charge is -2.10. The molecule has 0 fully saturated rings. The molecular weight excluding hydrogens is 391 g/mol. The van der Waals surface area contributed by atoms with E-state index in [1.807, 2.05) is 19.1 Å².